The molecular weight excluding hydrogens is 184 g/mol. The second kappa shape index (κ2) is 4.28. The van der Waals surface area contributed by atoms with E-state index in [1.807, 2.05) is 0 Å². The molecule has 0 heterocycles. The quantitative estimate of drug-likeness (QED) is 0.740. The van der Waals surface area contributed by atoms with Gasteiger partial charge in [-0.05, 0) is 13.0 Å². The Morgan fingerprint density at radius 3 is 2.57 bits per heavy atom. The van der Waals surface area contributed by atoms with Gasteiger partial charge in [0.2, 0.25) is 0 Å². The molecule has 0 radical (unpaired) electrons. The molecule has 78 valence electrons. The van der Waals surface area contributed by atoms with Gasteiger partial charge in [0.05, 0.1) is 13.2 Å². The van der Waals surface area contributed by atoms with E-state index in [4.69, 9.17) is 9.47 Å². The number of carbonyl (C=O) groups is 1. The van der Waals surface area contributed by atoms with Crippen LogP contribution in [0.25, 0.3) is 0 Å². The molecule has 0 saturated heterocycles. The van der Waals surface area contributed by atoms with Gasteiger partial charge in [0.15, 0.2) is 0 Å². The molecule has 14 heavy (non-hydrogen) atoms. The van der Waals surface area contributed by atoms with Gasteiger partial charge in [0.25, 0.3) is 0 Å². The standard InChI is InChI=1S/C10H14O4/c1-6(11)10-8(12)4-7(13-2)5-9(10)14-3/h4-5,9-10,12H,1-3H3. The minimum Gasteiger partial charge on any atom is -0.511 e. The molecule has 0 spiro atoms. The third-order valence-electron chi connectivity index (χ3n) is 2.21. The van der Waals surface area contributed by atoms with E-state index in [9.17, 15) is 9.90 Å². The van der Waals surface area contributed by atoms with E-state index in [-0.39, 0.29) is 11.5 Å². The summed E-state index contributed by atoms with van der Waals surface area (Å²) in [6, 6.07) is 0. The predicted molar refractivity (Wildman–Crippen MR) is 50.8 cm³/mol. The van der Waals surface area contributed by atoms with Crippen molar-refractivity contribution in [3.05, 3.63) is 23.7 Å². The molecule has 1 aliphatic rings. The molecule has 0 bridgehead atoms. The van der Waals surface area contributed by atoms with Crippen molar-refractivity contribution in [1.82, 2.24) is 0 Å². The lowest BCUT2D eigenvalue weighted by molar-refractivity contribution is -0.123. The zero-order chi connectivity index (χ0) is 10.7. The maximum absolute atomic E-state index is 11.2. The molecule has 0 amide bonds. The Bertz CT molecular complexity index is 290. The normalized spacial score (nSPS) is 26.5. The van der Waals surface area contributed by atoms with E-state index < -0.39 is 12.0 Å². The van der Waals surface area contributed by atoms with Crippen LogP contribution in [0.2, 0.25) is 0 Å². The van der Waals surface area contributed by atoms with Crippen LogP contribution in [0.15, 0.2) is 23.7 Å². The number of ether oxygens (including phenoxy) is 2. The molecule has 1 rings (SSSR count). The van der Waals surface area contributed by atoms with Gasteiger partial charge in [0, 0.05) is 13.2 Å². The summed E-state index contributed by atoms with van der Waals surface area (Å²) in [4.78, 5) is 11.2. The van der Waals surface area contributed by atoms with Crippen LogP contribution in [-0.4, -0.2) is 31.2 Å². The average Bonchev–Trinajstić information content (AvgIpc) is 2.15. The Morgan fingerprint density at radius 1 is 1.50 bits per heavy atom. The number of allylic oxidation sites excluding steroid dienone is 1. The molecule has 1 aliphatic carbocycles. The Morgan fingerprint density at radius 2 is 2.14 bits per heavy atom. The van der Waals surface area contributed by atoms with Crippen LogP contribution < -0.4 is 0 Å². The molecule has 0 aliphatic heterocycles. The Hall–Kier alpha value is -1.29. The maximum atomic E-state index is 11.2. The SMILES string of the molecule is COC1=CC(OC)C(C(C)=O)C(O)=C1. The van der Waals surface area contributed by atoms with E-state index in [0.29, 0.717) is 5.76 Å². The molecule has 0 aromatic rings. The number of Topliss-reactive ketones (excluding diaryl/α,β-unsaturated/α-hetero) is 1. The molecule has 1 N–H and O–H groups in total. The van der Waals surface area contributed by atoms with Gasteiger partial charge >= 0.3 is 0 Å². The second-order valence-corrected chi connectivity index (χ2v) is 3.13. The zero-order valence-corrected chi connectivity index (χ0v) is 8.48. The smallest absolute Gasteiger partial charge is 0.143 e. The molecule has 0 fully saturated rings. The highest BCUT2D eigenvalue weighted by Gasteiger charge is 2.31. The van der Waals surface area contributed by atoms with Crippen LogP contribution in [0.4, 0.5) is 0 Å². The highest BCUT2D eigenvalue weighted by Crippen LogP contribution is 2.25. The van der Waals surface area contributed by atoms with Crippen molar-refractivity contribution in [1.29, 1.82) is 0 Å². The minimum absolute atomic E-state index is 0.0105. The fourth-order valence-corrected chi connectivity index (χ4v) is 1.48. The number of aliphatic hydroxyl groups is 1. The topological polar surface area (TPSA) is 55.8 Å². The summed E-state index contributed by atoms with van der Waals surface area (Å²) < 4.78 is 10.0. The predicted octanol–water partition coefficient (Wildman–Crippen LogP) is 1.19. The molecule has 2 unspecified atom stereocenters. The molecule has 0 saturated carbocycles. The maximum Gasteiger partial charge on any atom is 0.143 e. The van der Waals surface area contributed by atoms with Crippen molar-refractivity contribution in [2.75, 3.05) is 14.2 Å². The Balaban J connectivity index is 2.96. The summed E-state index contributed by atoms with van der Waals surface area (Å²) in [5, 5.41) is 9.58. The van der Waals surface area contributed by atoms with Crippen molar-refractivity contribution < 1.29 is 19.4 Å². The van der Waals surface area contributed by atoms with Gasteiger partial charge in [-0.15, -0.1) is 0 Å². The van der Waals surface area contributed by atoms with Gasteiger partial charge in [0.1, 0.15) is 23.2 Å². The van der Waals surface area contributed by atoms with Crippen LogP contribution >= 0.6 is 0 Å². The van der Waals surface area contributed by atoms with Gasteiger partial charge in [-0.2, -0.15) is 0 Å². The van der Waals surface area contributed by atoms with E-state index >= 15 is 0 Å². The molecule has 0 aromatic heterocycles. The van der Waals surface area contributed by atoms with Crippen LogP contribution in [0, 0.1) is 5.92 Å². The lowest BCUT2D eigenvalue weighted by Crippen LogP contribution is -2.31. The third kappa shape index (κ3) is 1.96. The fraction of sp³-hybridized carbons (Fsp3) is 0.500. The van der Waals surface area contributed by atoms with E-state index in [0.717, 1.165) is 0 Å². The van der Waals surface area contributed by atoms with Crippen LogP contribution in [0.3, 0.4) is 0 Å². The van der Waals surface area contributed by atoms with E-state index in [2.05, 4.69) is 0 Å². The third-order valence-corrected chi connectivity index (χ3v) is 2.21. The first-order chi connectivity index (χ1) is 6.60. The number of methoxy groups -OCH3 is 2. The molecule has 4 nitrogen and oxygen atoms in total. The lowest BCUT2D eigenvalue weighted by Gasteiger charge is -2.24. The van der Waals surface area contributed by atoms with Crippen LogP contribution in [-0.2, 0) is 14.3 Å². The summed E-state index contributed by atoms with van der Waals surface area (Å²) in [7, 11) is 2.99. The van der Waals surface area contributed by atoms with Crippen molar-refractivity contribution in [2.45, 2.75) is 13.0 Å². The van der Waals surface area contributed by atoms with Crippen LogP contribution in [0.5, 0.6) is 0 Å². The van der Waals surface area contributed by atoms with Crippen molar-refractivity contribution in [3.63, 3.8) is 0 Å². The number of carbonyl (C=O) groups excluding carboxylic acids is 1. The average molecular weight is 198 g/mol. The van der Waals surface area contributed by atoms with Crippen molar-refractivity contribution in [2.24, 2.45) is 5.92 Å². The summed E-state index contributed by atoms with van der Waals surface area (Å²) in [5.74, 6) is -0.244. The Labute approximate surface area is 82.8 Å². The first-order valence-electron chi connectivity index (χ1n) is 4.29. The summed E-state index contributed by atoms with van der Waals surface area (Å²) >= 11 is 0. The number of hydrogen-bond donors (Lipinski definition) is 1. The van der Waals surface area contributed by atoms with E-state index in [1.165, 1.54) is 27.2 Å². The monoisotopic (exact) mass is 198 g/mol. The first-order valence-corrected chi connectivity index (χ1v) is 4.29. The first kappa shape index (κ1) is 10.8. The fourth-order valence-electron chi connectivity index (χ4n) is 1.48. The summed E-state index contributed by atoms with van der Waals surface area (Å²) in [5.41, 5.74) is 0. The number of rotatable bonds is 3. The second-order valence-electron chi connectivity index (χ2n) is 3.13. The number of ketones is 1. The van der Waals surface area contributed by atoms with Crippen LogP contribution in [0.1, 0.15) is 6.92 Å². The van der Waals surface area contributed by atoms with Crippen molar-refractivity contribution >= 4 is 5.78 Å². The Kier molecular flexibility index (Phi) is 3.30. The number of hydrogen-bond acceptors (Lipinski definition) is 4. The zero-order valence-electron chi connectivity index (χ0n) is 8.48. The van der Waals surface area contributed by atoms with Gasteiger partial charge in [-0.3, -0.25) is 4.79 Å². The molecule has 4 heteroatoms. The van der Waals surface area contributed by atoms with Gasteiger partial charge < -0.3 is 14.6 Å². The summed E-state index contributed by atoms with van der Waals surface area (Å²) in [6.07, 6.45) is 2.65. The molecule has 0 aromatic carbocycles. The van der Waals surface area contributed by atoms with E-state index in [1.54, 1.807) is 6.08 Å². The highest BCUT2D eigenvalue weighted by molar-refractivity contribution is 5.82. The number of aliphatic hydroxyl groups excluding tert-OH is 1. The van der Waals surface area contributed by atoms with Gasteiger partial charge in [-0.25, -0.2) is 0 Å². The van der Waals surface area contributed by atoms with Crippen molar-refractivity contribution in [3.8, 4) is 0 Å². The molecular formula is C10H14O4. The lowest BCUT2D eigenvalue weighted by atomic mass is 9.91. The summed E-state index contributed by atoms with van der Waals surface area (Å²) in [6.45, 7) is 1.42. The minimum atomic E-state index is -0.612. The molecule has 2 atom stereocenters. The largest absolute Gasteiger partial charge is 0.511 e. The van der Waals surface area contributed by atoms with Gasteiger partial charge in [-0.1, -0.05) is 0 Å². The highest BCUT2D eigenvalue weighted by atomic mass is 16.5.